The Labute approximate surface area is 217 Å². The van der Waals surface area contributed by atoms with Crippen LogP contribution < -0.4 is 10.6 Å². The van der Waals surface area contributed by atoms with Gasteiger partial charge in [0.15, 0.2) is 12.1 Å². The number of thiophene rings is 1. The van der Waals surface area contributed by atoms with E-state index >= 15 is 0 Å². The molecule has 186 valence electrons. The van der Waals surface area contributed by atoms with E-state index in [1.54, 1.807) is 48.8 Å². The van der Waals surface area contributed by atoms with Crippen molar-refractivity contribution in [1.82, 2.24) is 15.2 Å². The predicted molar refractivity (Wildman–Crippen MR) is 140 cm³/mol. The maximum absolute atomic E-state index is 13.4. The molecule has 2 atom stereocenters. The zero-order valence-electron chi connectivity index (χ0n) is 19.7. The van der Waals surface area contributed by atoms with Crippen LogP contribution in [0.15, 0.2) is 96.6 Å². The van der Waals surface area contributed by atoms with Crippen LogP contribution in [0.3, 0.4) is 0 Å². The minimum atomic E-state index is -0.879. The highest BCUT2D eigenvalue weighted by atomic mass is 32.1. The summed E-state index contributed by atoms with van der Waals surface area (Å²) in [6.07, 6.45) is 1.97. The van der Waals surface area contributed by atoms with E-state index in [2.05, 4.69) is 15.6 Å². The molecule has 1 aliphatic heterocycles. The third-order valence-corrected chi connectivity index (χ3v) is 6.85. The highest BCUT2D eigenvalue weighted by Gasteiger charge is 2.46. The average molecular weight is 513 g/mol. The summed E-state index contributed by atoms with van der Waals surface area (Å²) in [6, 6.07) is 22.8. The third kappa shape index (κ3) is 5.68. The van der Waals surface area contributed by atoms with Crippen molar-refractivity contribution in [3.8, 4) is 0 Å². The Bertz CT molecular complexity index is 1360. The summed E-state index contributed by atoms with van der Waals surface area (Å²) in [4.78, 5) is 44.9. The number of carbonyl (C=O) groups is 3. The van der Waals surface area contributed by atoms with E-state index in [1.165, 1.54) is 16.2 Å². The van der Waals surface area contributed by atoms with Gasteiger partial charge in [0.2, 0.25) is 5.91 Å². The normalized spacial score (nSPS) is 16.8. The van der Waals surface area contributed by atoms with Crippen LogP contribution in [0.4, 0.5) is 10.5 Å². The van der Waals surface area contributed by atoms with Crippen LogP contribution in [0.5, 0.6) is 0 Å². The molecule has 0 saturated carbocycles. The lowest BCUT2D eigenvalue weighted by Crippen LogP contribution is -2.46. The second-order valence-electron chi connectivity index (χ2n) is 8.50. The number of anilines is 1. The van der Waals surface area contributed by atoms with Crippen molar-refractivity contribution >= 4 is 34.9 Å². The van der Waals surface area contributed by atoms with E-state index in [0.29, 0.717) is 16.1 Å². The van der Waals surface area contributed by atoms with E-state index in [4.69, 9.17) is 4.74 Å². The van der Waals surface area contributed by atoms with Crippen LogP contribution in [-0.2, 0) is 22.6 Å². The maximum Gasteiger partial charge on any atom is 0.411 e. The molecule has 5 rings (SSSR count). The van der Waals surface area contributed by atoms with Crippen molar-refractivity contribution in [2.75, 3.05) is 5.32 Å². The van der Waals surface area contributed by atoms with Crippen LogP contribution in [0.25, 0.3) is 0 Å². The van der Waals surface area contributed by atoms with E-state index in [-0.39, 0.29) is 24.9 Å². The van der Waals surface area contributed by atoms with Gasteiger partial charge in [-0.15, -0.1) is 11.3 Å². The van der Waals surface area contributed by atoms with Gasteiger partial charge >= 0.3 is 6.09 Å². The van der Waals surface area contributed by atoms with E-state index < -0.39 is 18.2 Å². The van der Waals surface area contributed by atoms with Gasteiger partial charge in [-0.25, -0.2) is 4.79 Å². The third-order valence-electron chi connectivity index (χ3n) is 5.98. The molecule has 3 amide bonds. The molecule has 4 aromatic rings. The maximum atomic E-state index is 13.4. The number of aromatic nitrogens is 1. The standard InChI is InChI=1S/C28H24N4O4S/c33-26(23-9-5-15-37-23)31-22-12-10-21(11-13-22)25-24(27(34)30-17-20-8-4-14-29-16-20)32(28(35)36-25)18-19-6-2-1-3-7-19/h1-16,24-25H,17-18H2,(H,30,34)(H,31,33). The molecule has 37 heavy (non-hydrogen) atoms. The lowest BCUT2D eigenvalue weighted by atomic mass is 10.00. The number of hydrogen-bond donors (Lipinski definition) is 2. The highest BCUT2D eigenvalue weighted by molar-refractivity contribution is 7.12. The number of amides is 3. The van der Waals surface area contributed by atoms with Gasteiger partial charge in [-0.3, -0.25) is 19.5 Å². The number of benzene rings is 2. The van der Waals surface area contributed by atoms with E-state index in [0.717, 1.165) is 11.1 Å². The first-order valence-corrected chi connectivity index (χ1v) is 12.6. The molecule has 0 aliphatic carbocycles. The molecular formula is C28H24N4O4S. The molecule has 1 saturated heterocycles. The van der Waals surface area contributed by atoms with Gasteiger partial charge in [-0.05, 0) is 46.3 Å². The van der Waals surface area contributed by atoms with Crippen molar-refractivity contribution in [3.63, 3.8) is 0 Å². The number of nitrogens with zero attached hydrogens (tertiary/aromatic N) is 2. The van der Waals surface area contributed by atoms with Crippen molar-refractivity contribution in [2.45, 2.75) is 25.2 Å². The van der Waals surface area contributed by atoms with Crippen LogP contribution in [-0.4, -0.2) is 33.8 Å². The molecule has 2 N–H and O–H groups in total. The topological polar surface area (TPSA) is 101 Å². The molecule has 2 aromatic heterocycles. The molecule has 2 unspecified atom stereocenters. The van der Waals surface area contributed by atoms with Gasteiger partial charge in [-0.1, -0.05) is 54.6 Å². The van der Waals surface area contributed by atoms with Gasteiger partial charge < -0.3 is 15.4 Å². The fourth-order valence-corrected chi connectivity index (χ4v) is 4.76. The zero-order valence-corrected chi connectivity index (χ0v) is 20.6. The number of cyclic esters (lactones) is 1. The van der Waals surface area contributed by atoms with Crippen molar-refractivity contribution in [3.05, 3.63) is 118 Å². The Hall–Kier alpha value is -4.50. The lowest BCUT2D eigenvalue weighted by Gasteiger charge is -2.24. The predicted octanol–water partition coefficient (Wildman–Crippen LogP) is 4.77. The number of pyridine rings is 1. The van der Waals surface area contributed by atoms with Gasteiger partial charge in [0, 0.05) is 24.6 Å². The number of carbonyl (C=O) groups excluding carboxylic acids is 3. The summed E-state index contributed by atoms with van der Waals surface area (Å²) >= 11 is 1.36. The van der Waals surface area contributed by atoms with Crippen LogP contribution in [0.1, 0.15) is 32.5 Å². The Morgan fingerprint density at radius 1 is 0.946 bits per heavy atom. The summed E-state index contributed by atoms with van der Waals surface area (Å²) in [5, 5.41) is 7.61. The molecular weight excluding hydrogens is 488 g/mol. The van der Waals surface area contributed by atoms with Gasteiger partial charge in [0.1, 0.15) is 0 Å². The molecule has 2 aromatic carbocycles. The molecule has 0 spiro atoms. The first-order valence-electron chi connectivity index (χ1n) is 11.7. The van der Waals surface area contributed by atoms with Crippen LogP contribution >= 0.6 is 11.3 Å². The quantitative estimate of drug-likeness (QED) is 0.354. The molecule has 1 aliphatic rings. The average Bonchev–Trinajstić information content (AvgIpc) is 3.58. The van der Waals surface area contributed by atoms with Crippen LogP contribution in [0, 0.1) is 0 Å². The van der Waals surface area contributed by atoms with E-state index in [9.17, 15) is 14.4 Å². The van der Waals surface area contributed by atoms with Crippen LogP contribution in [0.2, 0.25) is 0 Å². The van der Waals surface area contributed by atoms with E-state index in [1.807, 2.05) is 47.8 Å². The van der Waals surface area contributed by atoms with Gasteiger partial charge in [0.25, 0.3) is 5.91 Å². The monoisotopic (exact) mass is 512 g/mol. The number of nitrogens with one attached hydrogen (secondary N) is 2. The van der Waals surface area contributed by atoms with Crippen molar-refractivity contribution < 1.29 is 19.1 Å². The van der Waals surface area contributed by atoms with Gasteiger partial charge in [-0.2, -0.15) is 0 Å². The first-order chi connectivity index (χ1) is 18.1. The summed E-state index contributed by atoms with van der Waals surface area (Å²) in [5.41, 5.74) is 2.99. The summed E-state index contributed by atoms with van der Waals surface area (Å²) < 4.78 is 5.73. The minimum Gasteiger partial charge on any atom is -0.438 e. The lowest BCUT2D eigenvalue weighted by molar-refractivity contribution is -0.126. The number of hydrogen-bond acceptors (Lipinski definition) is 6. The second-order valence-corrected chi connectivity index (χ2v) is 9.44. The molecule has 0 bridgehead atoms. The molecule has 1 fully saturated rings. The molecule has 8 nitrogen and oxygen atoms in total. The Morgan fingerprint density at radius 2 is 1.73 bits per heavy atom. The van der Waals surface area contributed by atoms with Gasteiger partial charge in [0.05, 0.1) is 11.4 Å². The number of rotatable bonds is 8. The SMILES string of the molecule is O=C(Nc1ccc(C2OC(=O)N(Cc3ccccc3)C2C(=O)NCc2cccnc2)cc1)c1cccs1. The Balaban J connectivity index is 1.36. The minimum absolute atomic E-state index is 0.197. The fourth-order valence-electron chi connectivity index (χ4n) is 4.14. The Morgan fingerprint density at radius 3 is 2.43 bits per heavy atom. The first kappa shape index (κ1) is 24.2. The van der Waals surface area contributed by atoms with Crippen molar-refractivity contribution in [2.24, 2.45) is 0 Å². The number of ether oxygens (including phenoxy) is 1. The summed E-state index contributed by atoms with van der Waals surface area (Å²) in [6.45, 7) is 0.507. The fraction of sp³-hybridized carbons (Fsp3) is 0.143. The Kier molecular flexibility index (Phi) is 7.23. The summed E-state index contributed by atoms with van der Waals surface area (Å²) in [5.74, 6) is -0.526. The molecule has 3 heterocycles. The summed E-state index contributed by atoms with van der Waals surface area (Å²) in [7, 11) is 0. The largest absolute Gasteiger partial charge is 0.438 e. The molecule has 0 radical (unpaired) electrons. The zero-order chi connectivity index (χ0) is 25.6. The molecule has 9 heteroatoms. The second kappa shape index (κ2) is 11.0. The highest BCUT2D eigenvalue weighted by Crippen LogP contribution is 2.34. The smallest absolute Gasteiger partial charge is 0.411 e. The van der Waals surface area contributed by atoms with Crippen molar-refractivity contribution in [1.29, 1.82) is 0 Å².